The number of likely N-dealkylation sites (N-methyl/N-ethyl adjacent to an activating group) is 1. The van der Waals surface area contributed by atoms with E-state index in [0.717, 1.165) is 38.3 Å². The molecule has 0 aliphatic carbocycles. The SMILES string of the molecule is CCCNC(C)c1ccc(N2CCN(C)C(C)(C)C2)cn1. The van der Waals surface area contributed by atoms with Gasteiger partial charge in [-0.1, -0.05) is 6.92 Å². The maximum Gasteiger partial charge on any atom is 0.0572 e. The molecule has 1 aromatic rings. The summed E-state index contributed by atoms with van der Waals surface area (Å²) in [5, 5.41) is 3.48. The molecule has 0 spiro atoms. The number of nitrogens with zero attached hydrogens (tertiary/aromatic N) is 3. The fraction of sp³-hybridized carbons (Fsp3) is 0.706. The van der Waals surface area contributed by atoms with Crippen molar-refractivity contribution in [2.75, 3.05) is 38.1 Å². The number of pyridine rings is 1. The average Bonchev–Trinajstić information content (AvgIpc) is 2.47. The summed E-state index contributed by atoms with van der Waals surface area (Å²) in [5.74, 6) is 0. The third-order valence-corrected chi connectivity index (χ3v) is 4.60. The van der Waals surface area contributed by atoms with Crippen LogP contribution in [0.1, 0.15) is 45.9 Å². The van der Waals surface area contributed by atoms with Gasteiger partial charge in [-0.05, 0) is 52.9 Å². The second-order valence-corrected chi connectivity index (χ2v) is 6.77. The van der Waals surface area contributed by atoms with Gasteiger partial charge in [0, 0.05) is 31.2 Å². The molecule has 0 radical (unpaired) electrons. The molecule has 1 saturated heterocycles. The Morgan fingerprint density at radius 1 is 1.33 bits per heavy atom. The minimum Gasteiger partial charge on any atom is -0.367 e. The molecule has 0 amide bonds. The summed E-state index contributed by atoms with van der Waals surface area (Å²) in [5.41, 5.74) is 2.58. The Bertz CT molecular complexity index is 441. The number of anilines is 1. The van der Waals surface area contributed by atoms with Crippen molar-refractivity contribution < 1.29 is 0 Å². The number of hydrogen-bond acceptors (Lipinski definition) is 4. The van der Waals surface area contributed by atoms with E-state index >= 15 is 0 Å². The number of piperazine rings is 1. The van der Waals surface area contributed by atoms with Gasteiger partial charge in [-0.15, -0.1) is 0 Å². The molecular weight excluding hydrogens is 260 g/mol. The van der Waals surface area contributed by atoms with E-state index in [0.29, 0.717) is 6.04 Å². The van der Waals surface area contributed by atoms with Crippen molar-refractivity contribution in [2.24, 2.45) is 0 Å². The molecule has 0 bridgehead atoms. The lowest BCUT2D eigenvalue weighted by Crippen LogP contribution is -2.57. The zero-order valence-corrected chi connectivity index (χ0v) is 14.2. The maximum absolute atomic E-state index is 4.66. The van der Waals surface area contributed by atoms with Gasteiger partial charge in [-0.3, -0.25) is 9.88 Å². The first-order valence-corrected chi connectivity index (χ1v) is 8.09. The fourth-order valence-corrected chi connectivity index (χ4v) is 2.77. The van der Waals surface area contributed by atoms with Crippen molar-refractivity contribution in [2.45, 2.75) is 45.7 Å². The zero-order chi connectivity index (χ0) is 15.5. The van der Waals surface area contributed by atoms with Crippen LogP contribution in [0.2, 0.25) is 0 Å². The Morgan fingerprint density at radius 3 is 2.67 bits per heavy atom. The molecule has 1 atom stereocenters. The second-order valence-electron chi connectivity index (χ2n) is 6.77. The van der Waals surface area contributed by atoms with E-state index in [1.807, 2.05) is 6.20 Å². The van der Waals surface area contributed by atoms with Crippen LogP contribution >= 0.6 is 0 Å². The summed E-state index contributed by atoms with van der Waals surface area (Å²) < 4.78 is 0. The Kier molecular flexibility index (Phi) is 5.22. The number of aromatic nitrogens is 1. The summed E-state index contributed by atoms with van der Waals surface area (Å²) in [4.78, 5) is 9.53. The van der Waals surface area contributed by atoms with E-state index in [-0.39, 0.29) is 5.54 Å². The molecule has 4 heteroatoms. The van der Waals surface area contributed by atoms with E-state index in [2.05, 4.69) is 67.0 Å². The lowest BCUT2D eigenvalue weighted by Gasteiger charge is -2.46. The Balaban J connectivity index is 2.02. The minimum atomic E-state index is 0.215. The highest BCUT2D eigenvalue weighted by molar-refractivity contribution is 5.46. The van der Waals surface area contributed by atoms with Crippen molar-refractivity contribution >= 4 is 5.69 Å². The first-order valence-electron chi connectivity index (χ1n) is 8.09. The Labute approximate surface area is 129 Å². The maximum atomic E-state index is 4.66. The summed E-state index contributed by atoms with van der Waals surface area (Å²) in [6.07, 6.45) is 3.18. The third-order valence-electron chi connectivity index (χ3n) is 4.60. The second kappa shape index (κ2) is 6.75. The summed E-state index contributed by atoms with van der Waals surface area (Å²) in [6, 6.07) is 4.70. The molecule has 0 aromatic carbocycles. The average molecular weight is 290 g/mol. The molecule has 118 valence electrons. The first-order chi connectivity index (χ1) is 9.94. The van der Waals surface area contributed by atoms with Crippen LogP contribution in [-0.2, 0) is 0 Å². The lowest BCUT2D eigenvalue weighted by atomic mass is 9.99. The van der Waals surface area contributed by atoms with Gasteiger partial charge in [-0.2, -0.15) is 0 Å². The van der Waals surface area contributed by atoms with Crippen LogP contribution in [0.4, 0.5) is 5.69 Å². The highest BCUT2D eigenvalue weighted by atomic mass is 15.3. The molecule has 1 unspecified atom stereocenters. The highest BCUT2D eigenvalue weighted by Crippen LogP contribution is 2.24. The van der Waals surface area contributed by atoms with Gasteiger partial charge in [0.15, 0.2) is 0 Å². The van der Waals surface area contributed by atoms with Gasteiger partial charge in [0.2, 0.25) is 0 Å². The van der Waals surface area contributed by atoms with Crippen molar-refractivity contribution in [1.29, 1.82) is 0 Å². The van der Waals surface area contributed by atoms with E-state index in [1.165, 1.54) is 5.69 Å². The van der Waals surface area contributed by atoms with E-state index in [1.54, 1.807) is 0 Å². The van der Waals surface area contributed by atoms with Gasteiger partial charge < -0.3 is 10.2 Å². The fourth-order valence-electron chi connectivity index (χ4n) is 2.77. The molecule has 4 nitrogen and oxygen atoms in total. The molecule has 0 saturated carbocycles. The molecule has 1 aromatic heterocycles. The van der Waals surface area contributed by atoms with Crippen LogP contribution in [0.5, 0.6) is 0 Å². The number of nitrogens with one attached hydrogen (secondary N) is 1. The summed E-state index contributed by atoms with van der Waals surface area (Å²) in [7, 11) is 2.21. The minimum absolute atomic E-state index is 0.215. The largest absolute Gasteiger partial charge is 0.367 e. The normalized spacial score (nSPS) is 20.5. The topological polar surface area (TPSA) is 31.4 Å². The van der Waals surface area contributed by atoms with Crippen LogP contribution in [0.25, 0.3) is 0 Å². The predicted octanol–water partition coefficient (Wildman–Crippen LogP) is 2.67. The number of hydrogen-bond donors (Lipinski definition) is 1. The predicted molar refractivity (Wildman–Crippen MR) is 89.9 cm³/mol. The molecule has 1 aliphatic rings. The molecular formula is C17H30N4. The molecule has 1 fully saturated rings. The Hall–Kier alpha value is -1.13. The first kappa shape index (κ1) is 16.2. The molecule has 2 rings (SSSR count). The van der Waals surface area contributed by atoms with Crippen LogP contribution in [0.3, 0.4) is 0 Å². The van der Waals surface area contributed by atoms with Gasteiger partial charge in [0.1, 0.15) is 0 Å². The number of rotatable bonds is 5. The molecule has 1 aliphatic heterocycles. The van der Waals surface area contributed by atoms with Gasteiger partial charge in [0.25, 0.3) is 0 Å². The monoisotopic (exact) mass is 290 g/mol. The standard InChI is InChI=1S/C17H30N4/c1-6-9-18-14(2)16-8-7-15(12-19-16)21-11-10-20(5)17(3,4)13-21/h7-8,12,14,18H,6,9-11,13H2,1-5H3. The van der Waals surface area contributed by atoms with Crippen molar-refractivity contribution in [1.82, 2.24) is 15.2 Å². The molecule has 2 heterocycles. The van der Waals surface area contributed by atoms with Gasteiger partial charge >= 0.3 is 0 Å². The van der Waals surface area contributed by atoms with Gasteiger partial charge in [0.05, 0.1) is 17.6 Å². The van der Waals surface area contributed by atoms with Crippen LogP contribution < -0.4 is 10.2 Å². The van der Waals surface area contributed by atoms with Crippen LogP contribution in [-0.4, -0.2) is 48.6 Å². The van der Waals surface area contributed by atoms with E-state index in [9.17, 15) is 0 Å². The molecule has 21 heavy (non-hydrogen) atoms. The quantitative estimate of drug-likeness (QED) is 0.903. The third kappa shape index (κ3) is 3.95. The smallest absolute Gasteiger partial charge is 0.0572 e. The molecule has 1 N–H and O–H groups in total. The van der Waals surface area contributed by atoms with Gasteiger partial charge in [-0.25, -0.2) is 0 Å². The van der Waals surface area contributed by atoms with E-state index in [4.69, 9.17) is 0 Å². The van der Waals surface area contributed by atoms with E-state index < -0.39 is 0 Å². The highest BCUT2D eigenvalue weighted by Gasteiger charge is 2.31. The summed E-state index contributed by atoms with van der Waals surface area (Å²) in [6.45, 7) is 13.2. The van der Waals surface area contributed by atoms with Crippen LogP contribution in [0, 0.1) is 0 Å². The summed E-state index contributed by atoms with van der Waals surface area (Å²) >= 11 is 0. The Morgan fingerprint density at radius 2 is 2.10 bits per heavy atom. The lowest BCUT2D eigenvalue weighted by molar-refractivity contribution is 0.139. The van der Waals surface area contributed by atoms with Crippen molar-refractivity contribution in [3.8, 4) is 0 Å². The van der Waals surface area contributed by atoms with Crippen molar-refractivity contribution in [3.63, 3.8) is 0 Å². The van der Waals surface area contributed by atoms with Crippen molar-refractivity contribution in [3.05, 3.63) is 24.0 Å². The zero-order valence-electron chi connectivity index (χ0n) is 14.2. The van der Waals surface area contributed by atoms with Crippen LogP contribution in [0.15, 0.2) is 18.3 Å².